The second-order valence-electron chi connectivity index (χ2n) is 2.11. The molecule has 0 fully saturated rings. The quantitative estimate of drug-likeness (QED) is 0.398. The van der Waals surface area contributed by atoms with E-state index in [9.17, 15) is 4.39 Å². The van der Waals surface area contributed by atoms with Crippen molar-refractivity contribution in [3.63, 3.8) is 0 Å². The van der Waals surface area contributed by atoms with Crippen LogP contribution in [0.3, 0.4) is 0 Å². The van der Waals surface area contributed by atoms with Crippen molar-refractivity contribution in [3.8, 4) is 5.75 Å². The maximum atomic E-state index is 12.7. The highest BCUT2D eigenvalue weighted by Crippen LogP contribution is 2.26. The van der Waals surface area contributed by atoms with Crippen LogP contribution in [-0.4, -0.2) is 11.3 Å². The third-order valence-electron chi connectivity index (χ3n) is 1.26. The lowest BCUT2D eigenvalue weighted by atomic mass is 10.2. The molecule has 1 aromatic carbocycles. The standard InChI is InChI=1S/C7H6ClFN2O/c8-5-1-4(3-11-10)2-6(9)7(5)12/h1-3,12H,10H2. The van der Waals surface area contributed by atoms with Gasteiger partial charge in [-0.15, -0.1) is 0 Å². The number of phenolic OH excluding ortho intramolecular Hbond substituents is 1. The summed E-state index contributed by atoms with van der Waals surface area (Å²) in [4.78, 5) is 0. The highest BCUT2D eigenvalue weighted by atomic mass is 35.5. The number of hydrogen-bond acceptors (Lipinski definition) is 3. The van der Waals surface area contributed by atoms with Gasteiger partial charge in [0.1, 0.15) is 0 Å². The van der Waals surface area contributed by atoms with Crippen LogP contribution >= 0.6 is 11.6 Å². The fourth-order valence-electron chi connectivity index (χ4n) is 0.746. The van der Waals surface area contributed by atoms with E-state index >= 15 is 0 Å². The Hall–Kier alpha value is -1.29. The second kappa shape index (κ2) is 3.40. The van der Waals surface area contributed by atoms with Crippen molar-refractivity contribution in [1.82, 2.24) is 0 Å². The summed E-state index contributed by atoms with van der Waals surface area (Å²) in [5, 5.41) is 12.0. The Bertz CT molecular complexity index is 304. The van der Waals surface area contributed by atoms with Crippen LogP contribution in [0.25, 0.3) is 0 Å². The number of benzene rings is 1. The average molecular weight is 189 g/mol. The highest BCUT2D eigenvalue weighted by Gasteiger charge is 2.06. The molecule has 0 spiro atoms. The lowest BCUT2D eigenvalue weighted by Crippen LogP contribution is -1.88. The number of aromatic hydroxyl groups is 1. The van der Waals surface area contributed by atoms with Crippen LogP contribution in [-0.2, 0) is 0 Å². The molecule has 64 valence electrons. The molecule has 0 heterocycles. The van der Waals surface area contributed by atoms with Gasteiger partial charge in [0.25, 0.3) is 0 Å². The summed E-state index contributed by atoms with van der Waals surface area (Å²) in [7, 11) is 0. The number of hydrazone groups is 1. The molecule has 0 bridgehead atoms. The van der Waals surface area contributed by atoms with Gasteiger partial charge in [-0.2, -0.15) is 5.10 Å². The summed E-state index contributed by atoms with van der Waals surface area (Å²) < 4.78 is 12.7. The molecular weight excluding hydrogens is 183 g/mol. The first-order valence-corrected chi connectivity index (χ1v) is 3.44. The Morgan fingerprint density at radius 2 is 2.25 bits per heavy atom. The zero-order chi connectivity index (χ0) is 9.14. The zero-order valence-electron chi connectivity index (χ0n) is 5.96. The highest BCUT2D eigenvalue weighted by molar-refractivity contribution is 6.32. The van der Waals surface area contributed by atoms with Gasteiger partial charge in [-0.1, -0.05) is 11.6 Å². The Labute approximate surface area is 73.3 Å². The van der Waals surface area contributed by atoms with Crippen LogP contribution in [0.4, 0.5) is 4.39 Å². The third-order valence-corrected chi connectivity index (χ3v) is 1.55. The molecule has 5 heteroatoms. The van der Waals surface area contributed by atoms with Crippen LogP contribution in [0.5, 0.6) is 5.75 Å². The van der Waals surface area contributed by atoms with Gasteiger partial charge in [0.15, 0.2) is 11.6 Å². The van der Waals surface area contributed by atoms with Crippen LogP contribution in [0.1, 0.15) is 5.56 Å². The van der Waals surface area contributed by atoms with Crippen molar-refractivity contribution in [2.24, 2.45) is 10.9 Å². The van der Waals surface area contributed by atoms with Gasteiger partial charge in [-0.25, -0.2) is 4.39 Å². The van der Waals surface area contributed by atoms with Crippen molar-refractivity contribution >= 4 is 17.8 Å². The Kier molecular flexibility index (Phi) is 2.50. The number of halogens is 2. The number of phenols is 1. The summed E-state index contributed by atoms with van der Waals surface area (Å²) in [5.41, 5.74) is 0.401. The summed E-state index contributed by atoms with van der Waals surface area (Å²) in [6, 6.07) is 2.44. The molecule has 1 rings (SSSR count). The summed E-state index contributed by atoms with van der Waals surface area (Å²) in [6.45, 7) is 0. The SMILES string of the molecule is NN=Cc1cc(F)c(O)c(Cl)c1. The summed E-state index contributed by atoms with van der Waals surface area (Å²) in [5.74, 6) is 3.48. The molecule has 3 N–H and O–H groups in total. The van der Waals surface area contributed by atoms with Gasteiger partial charge in [-0.05, 0) is 17.7 Å². The molecular formula is C7H6ClFN2O. The van der Waals surface area contributed by atoms with Gasteiger partial charge in [0.2, 0.25) is 0 Å². The molecule has 0 atom stereocenters. The van der Waals surface area contributed by atoms with E-state index in [1.807, 2.05) is 0 Å². The molecule has 0 aliphatic heterocycles. The maximum absolute atomic E-state index is 12.7. The lowest BCUT2D eigenvalue weighted by Gasteiger charge is -1.99. The van der Waals surface area contributed by atoms with E-state index in [0.717, 1.165) is 6.07 Å². The first-order valence-electron chi connectivity index (χ1n) is 3.06. The van der Waals surface area contributed by atoms with Crippen LogP contribution in [0.2, 0.25) is 5.02 Å². The molecule has 0 aliphatic carbocycles. The number of rotatable bonds is 1. The van der Waals surface area contributed by atoms with Crippen molar-refractivity contribution in [2.75, 3.05) is 0 Å². The van der Waals surface area contributed by atoms with Gasteiger partial charge in [0.05, 0.1) is 11.2 Å². The topological polar surface area (TPSA) is 58.6 Å². The third kappa shape index (κ3) is 1.65. The number of hydrogen-bond donors (Lipinski definition) is 2. The fraction of sp³-hybridized carbons (Fsp3) is 0. The molecule has 0 aromatic heterocycles. The molecule has 0 unspecified atom stereocenters. The van der Waals surface area contributed by atoms with Crippen LogP contribution in [0, 0.1) is 5.82 Å². The van der Waals surface area contributed by atoms with Crippen LogP contribution in [0.15, 0.2) is 17.2 Å². The number of nitrogens with zero attached hydrogens (tertiary/aromatic N) is 1. The van der Waals surface area contributed by atoms with E-state index in [0.29, 0.717) is 5.56 Å². The molecule has 0 saturated heterocycles. The van der Waals surface area contributed by atoms with Crippen molar-refractivity contribution in [3.05, 3.63) is 28.5 Å². The fourth-order valence-corrected chi connectivity index (χ4v) is 0.962. The Morgan fingerprint density at radius 3 is 2.75 bits per heavy atom. The smallest absolute Gasteiger partial charge is 0.170 e. The molecule has 12 heavy (non-hydrogen) atoms. The molecule has 0 saturated carbocycles. The minimum Gasteiger partial charge on any atom is -0.504 e. The van der Waals surface area contributed by atoms with E-state index in [-0.39, 0.29) is 5.02 Å². The van der Waals surface area contributed by atoms with Crippen molar-refractivity contribution in [1.29, 1.82) is 0 Å². The second-order valence-corrected chi connectivity index (χ2v) is 2.52. The zero-order valence-corrected chi connectivity index (χ0v) is 6.72. The maximum Gasteiger partial charge on any atom is 0.170 e. The Balaban J connectivity index is 3.21. The largest absolute Gasteiger partial charge is 0.504 e. The molecule has 1 aromatic rings. The van der Waals surface area contributed by atoms with Crippen molar-refractivity contribution in [2.45, 2.75) is 0 Å². The van der Waals surface area contributed by atoms with E-state index in [1.165, 1.54) is 12.3 Å². The monoisotopic (exact) mass is 188 g/mol. The minimum atomic E-state index is -0.794. The van der Waals surface area contributed by atoms with E-state index in [1.54, 1.807) is 0 Å². The average Bonchev–Trinajstić information content (AvgIpc) is 2.01. The number of nitrogens with two attached hydrogens (primary N) is 1. The predicted molar refractivity (Wildman–Crippen MR) is 44.9 cm³/mol. The summed E-state index contributed by atoms with van der Waals surface area (Å²) in [6.07, 6.45) is 1.23. The van der Waals surface area contributed by atoms with Gasteiger partial charge < -0.3 is 10.9 Å². The van der Waals surface area contributed by atoms with Gasteiger partial charge in [0, 0.05) is 0 Å². The van der Waals surface area contributed by atoms with Crippen LogP contribution < -0.4 is 5.84 Å². The Morgan fingerprint density at radius 1 is 1.58 bits per heavy atom. The van der Waals surface area contributed by atoms with Gasteiger partial charge in [-0.3, -0.25) is 0 Å². The molecule has 0 amide bonds. The normalized spacial score (nSPS) is 10.8. The molecule has 0 aliphatic rings. The first kappa shape index (κ1) is 8.80. The first-order chi connectivity index (χ1) is 5.65. The van der Waals surface area contributed by atoms with E-state index < -0.39 is 11.6 Å². The van der Waals surface area contributed by atoms with Gasteiger partial charge >= 0.3 is 0 Å². The van der Waals surface area contributed by atoms with E-state index in [2.05, 4.69) is 5.10 Å². The molecule has 0 radical (unpaired) electrons. The predicted octanol–water partition coefficient (Wildman–Crippen LogP) is 1.48. The minimum absolute atomic E-state index is 0.0649. The summed E-state index contributed by atoms with van der Waals surface area (Å²) >= 11 is 5.46. The van der Waals surface area contributed by atoms with Crippen molar-refractivity contribution < 1.29 is 9.50 Å². The van der Waals surface area contributed by atoms with E-state index in [4.69, 9.17) is 22.6 Å². The lowest BCUT2D eigenvalue weighted by molar-refractivity contribution is 0.432. The molecule has 3 nitrogen and oxygen atoms in total.